The van der Waals surface area contributed by atoms with E-state index in [1.807, 2.05) is 0 Å². The molecule has 4 bridgehead atoms. The molecule has 0 radical (unpaired) electrons. The van der Waals surface area contributed by atoms with Crippen molar-refractivity contribution < 1.29 is 0 Å². The highest BCUT2D eigenvalue weighted by molar-refractivity contribution is 5.79. The molecule has 33 heavy (non-hydrogen) atoms. The fourth-order valence-corrected chi connectivity index (χ4v) is 7.22. The number of hydrogen-bond donors (Lipinski definition) is 0. The molecule has 2 aromatic rings. The number of rotatable bonds is 6. The molecule has 0 unspecified atom stereocenters. The highest BCUT2D eigenvalue weighted by Gasteiger charge is 2.48. The molecule has 6 rings (SSSR count). The third-order valence-electron chi connectivity index (χ3n) is 8.72. The van der Waals surface area contributed by atoms with Gasteiger partial charge in [0.25, 0.3) is 0 Å². The van der Waals surface area contributed by atoms with E-state index in [0.717, 1.165) is 35.1 Å². The Labute approximate surface area is 201 Å². The molecule has 1 aromatic heterocycles. The molecular weight excluding hydrogens is 400 g/mol. The van der Waals surface area contributed by atoms with Crippen LogP contribution < -0.4 is 0 Å². The number of pyridine rings is 1. The average molecular weight is 443 g/mol. The highest BCUT2D eigenvalue weighted by Crippen LogP contribution is 2.54. The summed E-state index contributed by atoms with van der Waals surface area (Å²) in [4.78, 5) is 10.3. The second-order valence-electron chi connectivity index (χ2n) is 12.2. The molecule has 0 saturated heterocycles. The number of nitrogens with zero attached hydrogens (tertiary/aromatic N) is 2. The molecule has 1 heterocycles. The summed E-state index contributed by atoms with van der Waals surface area (Å²) in [5.74, 6) is 5.10. The van der Waals surface area contributed by atoms with Crippen molar-refractivity contribution >= 4 is 6.21 Å². The summed E-state index contributed by atoms with van der Waals surface area (Å²) >= 11 is 0. The lowest BCUT2D eigenvalue weighted by Crippen LogP contribution is -2.47. The lowest BCUT2D eigenvalue weighted by molar-refractivity contribution is 0.00146. The van der Waals surface area contributed by atoms with Gasteiger partial charge in [0.05, 0.1) is 17.4 Å². The zero-order valence-corrected chi connectivity index (χ0v) is 21.5. The fourth-order valence-electron chi connectivity index (χ4n) is 7.22. The van der Waals surface area contributed by atoms with Crippen molar-refractivity contribution in [1.29, 1.82) is 0 Å². The van der Waals surface area contributed by atoms with Crippen LogP contribution in [0.25, 0.3) is 11.3 Å². The third kappa shape index (κ3) is 4.43. The predicted molar refractivity (Wildman–Crippen MR) is 140 cm³/mol. The van der Waals surface area contributed by atoms with E-state index < -0.39 is 0 Å². The predicted octanol–water partition coefficient (Wildman–Crippen LogP) is 8.36. The van der Waals surface area contributed by atoms with E-state index in [9.17, 15) is 0 Å². The van der Waals surface area contributed by atoms with E-state index in [1.54, 1.807) is 0 Å². The molecule has 4 aliphatic rings. The minimum absolute atomic E-state index is 0.461. The SMILES string of the molecule is CC(C)c1cc(C(C)C)c(-c2cccc(C=NC3C4CC5CC(C4)CC3C5)n2)c(C(C)C)c1. The minimum Gasteiger partial charge on any atom is -0.287 e. The molecular formula is C31H42N2. The summed E-state index contributed by atoms with van der Waals surface area (Å²) < 4.78 is 0. The van der Waals surface area contributed by atoms with Gasteiger partial charge in [-0.05, 0) is 102 Å². The zero-order valence-electron chi connectivity index (χ0n) is 21.5. The van der Waals surface area contributed by atoms with E-state index >= 15 is 0 Å². The largest absolute Gasteiger partial charge is 0.287 e. The number of aromatic nitrogens is 1. The number of aliphatic imine (C=N–C) groups is 1. The molecule has 0 aliphatic heterocycles. The van der Waals surface area contributed by atoms with Gasteiger partial charge in [-0.1, -0.05) is 59.7 Å². The Bertz CT molecular complexity index is 972. The standard InChI is InChI=1S/C31H42N2/c1-18(2)23-15-27(19(3)4)30(28(16-23)20(5)6)29-9-7-8-26(33-29)17-32-31-24-11-21-10-22(13-24)14-25(31)12-21/h7-9,15-22,24-25,31H,10-14H2,1-6H3. The van der Waals surface area contributed by atoms with Gasteiger partial charge >= 0.3 is 0 Å². The topological polar surface area (TPSA) is 25.2 Å². The lowest BCUT2D eigenvalue weighted by atomic mass is 9.54. The maximum Gasteiger partial charge on any atom is 0.0815 e. The molecule has 4 saturated carbocycles. The maximum atomic E-state index is 5.19. The zero-order chi connectivity index (χ0) is 23.3. The molecule has 2 nitrogen and oxygen atoms in total. The Morgan fingerprint density at radius 2 is 1.36 bits per heavy atom. The molecule has 0 spiro atoms. The summed E-state index contributed by atoms with van der Waals surface area (Å²) in [7, 11) is 0. The van der Waals surface area contributed by atoms with Gasteiger partial charge in [0, 0.05) is 11.8 Å². The van der Waals surface area contributed by atoms with Crippen LogP contribution in [0.3, 0.4) is 0 Å². The lowest BCUT2D eigenvalue weighted by Gasteiger charge is -2.53. The molecule has 0 N–H and O–H groups in total. The van der Waals surface area contributed by atoms with Gasteiger partial charge < -0.3 is 0 Å². The van der Waals surface area contributed by atoms with E-state index in [1.165, 1.54) is 54.4 Å². The normalized spacial score (nSPS) is 28.7. The quantitative estimate of drug-likeness (QED) is 0.412. The number of benzene rings is 1. The Balaban J connectivity index is 1.49. The van der Waals surface area contributed by atoms with Gasteiger partial charge in [-0.2, -0.15) is 0 Å². The Morgan fingerprint density at radius 1 is 0.788 bits per heavy atom. The van der Waals surface area contributed by atoms with Crippen LogP contribution in [0.2, 0.25) is 0 Å². The van der Waals surface area contributed by atoms with Gasteiger partial charge in [-0.25, -0.2) is 4.98 Å². The van der Waals surface area contributed by atoms with Crippen molar-refractivity contribution in [2.24, 2.45) is 28.7 Å². The second kappa shape index (κ2) is 9.01. The maximum absolute atomic E-state index is 5.19. The van der Waals surface area contributed by atoms with Crippen LogP contribution in [0.4, 0.5) is 0 Å². The molecule has 2 heteroatoms. The van der Waals surface area contributed by atoms with E-state index in [2.05, 4.69) is 78.1 Å². The van der Waals surface area contributed by atoms with Crippen molar-refractivity contribution in [3.05, 3.63) is 52.7 Å². The van der Waals surface area contributed by atoms with Crippen LogP contribution in [0, 0.1) is 23.7 Å². The molecule has 0 atom stereocenters. The second-order valence-corrected chi connectivity index (χ2v) is 12.2. The Morgan fingerprint density at radius 3 is 1.88 bits per heavy atom. The molecule has 1 aromatic carbocycles. The van der Waals surface area contributed by atoms with Crippen LogP contribution in [0.5, 0.6) is 0 Å². The molecule has 176 valence electrons. The average Bonchev–Trinajstić information content (AvgIpc) is 2.77. The monoisotopic (exact) mass is 442 g/mol. The molecule has 4 aliphatic carbocycles. The van der Waals surface area contributed by atoms with Gasteiger partial charge in [0.15, 0.2) is 0 Å². The van der Waals surface area contributed by atoms with Gasteiger partial charge in [-0.15, -0.1) is 0 Å². The molecule has 4 fully saturated rings. The smallest absolute Gasteiger partial charge is 0.0815 e. The first-order chi connectivity index (χ1) is 15.8. The fraction of sp³-hybridized carbons (Fsp3) is 0.613. The first-order valence-corrected chi connectivity index (χ1v) is 13.5. The first kappa shape index (κ1) is 22.8. The van der Waals surface area contributed by atoms with Crippen molar-refractivity contribution in [2.75, 3.05) is 0 Å². The van der Waals surface area contributed by atoms with Gasteiger partial charge in [0.1, 0.15) is 0 Å². The summed E-state index contributed by atoms with van der Waals surface area (Å²) in [6.45, 7) is 13.8. The van der Waals surface area contributed by atoms with Crippen molar-refractivity contribution in [3.63, 3.8) is 0 Å². The summed E-state index contributed by atoms with van der Waals surface area (Å²) in [6.07, 6.45) is 9.27. The Kier molecular flexibility index (Phi) is 6.23. The van der Waals surface area contributed by atoms with Gasteiger partial charge in [0.2, 0.25) is 0 Å². The highest BCUT2D eigenvalue weighted by atomic mass is 14.9. The van der Waals surface area contributed by atoms with Crippen molar-refractivity contribution in [3.8, 4) is 11.3 Å². The summed E-state index contributed by atoms with van der Waals surface area (Å²) in [5.41, 5.74) is 7.74. The van der Waals surface area contributed by atoms with E-state index in [4.69, 9.17) is 9.98 Å². The summed E-state index contributed by atoms with van der Waals surface area (Å²) in [6, 6.07) is 11.9. The van der Waals surface area contributed by atoms with Crippen molar-refractivity contribution in [2.45, 2.75) is 97.4 Å². The van der Waals surface area contributed by atoms with Crippen molar-refractivity contribution in [1.82, 2.24) is 4.98 Å². The first-order valence-electron chi connectivity index (χ1n) is 13.5. The van der Waals surface area contributed by atoms with Crippen LogP contribution in [-0.2, 0) is 0 Å². The Hall–Kier alpha value is -1.96. The summed E-state index contributed by atoms with van der Waals surface area (Å²) in [5, 5.41) is 0. The minimum atomic E-state index is 0.461. The van der Waals surface area contributed by atoms with Crippen LogP contribution in [0.1, 0.15) is 114 Å². The van der Waals surface area contributed by atoms with Crippen LogP contribution in [0.15, 0.2) is 35.3 Å². The molecule has 0 amide bonds. The van der Waals surface area contributed by atoms with E-state index in [-0.39, 0.29) is 0 Å². The number of hydrogen-bond acceptors (Lipinski definition) is 2. The third-order valence-corrected chi connectivity index (χ3v) is 8.72. The van der Waals surface area contributed by atoms with Gasteiger partial charge in [-0.3, -0.25) is 4.99 Å². The van der Waals surface area contributed by atoms with E-state index in [0.29, 0.717) is 23.8 Å². The van der Waals surface area contributed by atoms with Crippen LogP contribution in [-0.4, -0.2) is 17.2 Å². The van der Waals surface area contributed by atoms with Crippen LogP contribution >= 0.6 is 0 Å².